The van der Waals surface area contributed by atoms with E-state index in [2.05, 4.69) is 12.2 Å². The molecule has 0 radical (unpaired) electrons. The number of unbranched alkanes of at least 4 members (excludes halogenated alkanes) is 1. The quantitative estimate of drug-likeness (QED) is 0.821. The average molecular weight is 318 g/mol. The summed E-state index contributed by atoms with van der Waals surface area (Å²) in [4.78, 5) is 26.3. The fourth-order valence-corrected chi connectivity index (χ4v) is 2.61. The van der Waals surface area contributed by atoms with Crippen LogP contribution in [0.1, 0.15) is 45.6 Å². The van der Waals surface area contributed by atoms with Crippen molar-refractivity contribution < 1.29 is 14.3 Å². The zero-order chi connectivity index (χ0) is 17.0. The van der Waals surface area contributed by atoms with E-state index in [0.29, 0.717) is 25.3 Å². The smallest absolute Gasteiger partial charge is 0.270 e. The van der Waals surface area contributed by atoms with Crippen LogP contribution in [0.25, 0.3) is 0 Å². The van der Waals surface area contributed by atoms with Crippen molar-refractivity contribution in [1.82, 2.24) is 5.32 Å². The number of benzene rings is 1. The zero-order valence-electron chi connectivity index (χ0n) is 14.4. The van der Waals surface area contributed by atoms with E-state index in [4.69, 9.17) is 4.74 Å². The minimum atomic E-state index is -0.916. The number of amides is 2. The van der Waals surface area contributed by atoms with E-state index < -0.39 is 5.60 Å². The van der Waals surface area contributed by atoms with Crippen molar-refractivity contribution in [2.45, 2.75) is 52.6 Å². The molecule has 0 aliphatic carbocycles. The molecular weight excluding hydrogens is 292 g/mol. The van der Waals surface area contributed by atoms with Gasteiger partial charge in [0.1, 0.15) is 5.75 Å². The van der Waals surface area contributed by atoms with Crippen molar-refractivity contribution in [3.63, 3.8) is 0 Å². The molecule has 0 fully saturated rings. The number of anilines is 1. The van der Waals surface area contributed by atoms with Gasteiger partial charge in [0, 0.05) is 19.5 Å². The van der Waals surface area contributed by atoms with Crippen LogP contribution in [0.2, 0.25) is 0 Å². The minimum absolute atomic E-state index is 0.0234. The van der Waals surface area contributed by atoms with E-state index >= 15 is 0 Å². The molecule has 1 aliphatic rings. The highest BCUT2D eigenvalue weighted by Crippen LogP contribution is 2.38. The van der Waals surface area contributed by atoms with Gasteiger partial charge in [0.2, 0.25) is 5.91 Å². The Morgan fingerprint density at radius 3 is 2.78 bits per heavy atom. The van der Waals surface area contributed by atoms with Gasteiger partial charge < -0.3 is 15.0 Å². The number of rotatable bonds is 6. The summed E-state index contributed by atoms with van der Waals surface area (Å²) in [5.41, 5.74) is 0.883. The number of aryl methyl sites for hydroxylation is 1. The van der Waals surface area contributed by atoms with Crippen LogP contribution in [-0.4, -0.2) is 30.5 Å². The fraction of sp³-hybridized carbons (Fsp3) is 0.556. The van der Waals surface area contributed by atoms with Crippen LogP contribution in [0.3, 0.4) is 0 Å². The Balaban J connectivity index is 2.12. The standard InChI is InChI=1S/C18H26N2O3/c1-5-6-10-19-16(21)9-11-20-14-12-13(2)7-8-15(14)23-18(3,4)17(20)22/h7-8,12H,5-6,9-11H2,1-4H3,(H,19,21). The monoisotopic (exact) mass is 318 g/mol. The molecule has 0 bridgehead atoms. The van der Waals surface area contributed by atoms with Gasteiger partial charge in [-0.3, -0.25) is 9.59 Å². The van der Waals surface area contributed by atoms with Crippen molar-refractivity contribution in [3.05, 3.63) is 23.8 Å². The molecule has 0 aromatic heterocycles. The lowest BCUT2D eigenvalue weighted by atomic mass is 10.0. The predicted molar refractivity (Wildman–Crippen MR) is 90.8 cm³/mol. The summed E-state index contributed by atoms with van der Waals surface area (Å²) in [5.74, 6) is 0.549. The van der Waals surface area contributed by atoms with Crippen LogP contribution in [-0.2, 0) is 9.59 Å². The maximum Gasteiger partial charge on any atom is 0.270 e. The number of ether oxygens (including phenoxy) is 1. The molecule has 0 saturated carbocycles. The van der Waals surface area contributed by atoms with Crippen LogP contribution in [0.4, 0.5) is 5.69 Å². The van der Waals surface area contributed by atoms with Gasteiger partial charge >= 0.3 is 0 Å². The lowest BCUT2D eigenvalue weighted by molar-refractivity contribution is -0.132. The summed E-state index contributed by atoms with van der Waals surface area (Å²) in [7, 11) is 0. The first-order valence-electron chi connectivity index (χ1n) is 8.23. The average Bonchev–Trinajstić information content (AvgIpc) is 2.49. The Bertz CT molecular complexity index is 596. The highest BCUT2D eigenvalue weighted by atomic mass is 16.5. The second-order valence-corrected chi connectivity index (χ2v) is 6.49. The molecule has 23 heavy (non-hydrogen) atoms. The van der Waals surface area contributed by atoms with Gasteiger partial charge in [-0.2, -0.15) is 0 Å². The van der Waals surface area contributed by atoms with Crippen LogP contribution in [0.5, 0.6) is 5.75 Å². The summed E-state index contributed by atoms with van der Waals surface area (Å²) in [6.07, 6.45) is 2.30. The number of carbonyl (C=O) groups is 2. The van der Waals surface area contributed by atoms with Gasteiger partial charge in [0.25, 0.3) is 5.91 Å². The normalized spacial score (nSPS) is 15.8. The summed E-state index contributed by atoms with van der Waals surface area (Å²) >= 11 is 0. The highest BCUT2D eigenvalue weighted by Gasteiger charge is 2.40. The zero-order valence-corrected chi connectivity index (χ0v) is 14.4. The van der Waals surface area contributed by atoms with Gasteiger partial charge in [-0.1, -0.05) is 19.4 Å². The van der Waals surface area contributed by atoms with E-state index in [1.807, 2.05) is 25.1 Å². The third-order valence-corrected chi connectivity index (χ3v) is 3.95. The van der Waals surface area contributed by atoms with Gasteiger partial charge in [0.15, 0.2) is 5.60 Å². The molecule has 2 amide bonds. The molecule has 126 valence electrons. The van der Waals surface area contributed by atoms with Crippen molar-refractivity contribution in [2.75, 3.05) is 18.0 Å². The Kier molecular flexibility index (Phi) is 5.29. The fourth-order valence-electron chi connectivity index (χ4n) is 2.61. The molecule has 0 spiro atoms. The lowest BCUT2D eigenvalue weighted by Crippen LogP contribution is -2.53. The molecular formula is C18H26N2O3. The second-order valence-electron chi connectivity index (χ2n) is 6.49. The Hall–Kier alpha value is -2.04. The van der Waals surface area contributed by atoms with E-state index in [9.17, 15) is 9.59 Å². The van der Waals surface area contributed by atoms with Crippen molar-refractivity contribution in [3.8, 4) is 5.75 Å². The van der Waals surface area contributed by atoms with Gasteiger partial charge in [0.05, 0.1) is 5.69 Å². The van der Waals surface area contributed by atoms with Crippen molar-refractivity contribution in [2.24, 2.45) is 0 Å². The molecule has 5 nitrogen and oxygen atoms in total. The number of nitrogens with zero attached hydrogens (tertiary/aromatic N) is 1. The van der Waals surface area contributed by atoms with Crippen molar-refractivity contribution >= 4 is 17.5 Å². The summed E-state index contributed by atoms with van der Waals surface area (Å²) < 4.78 is 5.81. The Labute approximate surface area is 138 Å². The maximum absolute atomic E-state index is 12.7. The molecule has 2 rings (SSSR count). The SMILES string of the molecule is CCCCNC(=O)CCN1C(=O)C(C)(C)Oc2ccc(C)cc21. The largest absolute Gasteiger partial charge is 0.476 e. The molecule has 1 heterocycles. The van der Waals surface area contributed by atoms with E-state index in [1.54, 1.807) is 18.7 Å². The van der Waals surface area contributed by atoms with Gasteiger partial charge in [-0.25, -0.2) is 0 Å². The molecule has 0 saturated heterocycles. The number of carbonyl (C=O) groups excluding carboxylic acids is 2. The third-order valence-electron chi connectivity index (χ3n) is 3.95. The highest BCUT2D eigenvalue weighted by molar-refractivity contribution is 6.02. The number of fused-ring (bicyclic) bond motifs is 1. The molecule has 5 heteroatoms. The minimum Gasteiger partial charge on any atom is -0.476 e. The molecule has 0 unspecified atom stereocenters. The number of hydrogen-bond acceptors (Lipinski definition) is 3. The first-order chi connectivity index (χ1) is 10.8. The van der Waals surface area contributed by atoms with E-state index in [1.165, 1.54) is 0 Å². The third kappa shape index (κ3) is 4.03. The topological polar surface area (TPSA) is 58.6 Å². The summed E-state index contributed by atoms with van der Waals surface area (Å²) in [6.45, 7) is 8.62. The molecule has 1 aromatic carbocycles. The van der Waals surface area contributed by atoms with Crippen molar-refractivity contribution in [1.29, 1.82) is 0 Å². The van der Waals surface area contributed by atoms with E-state index in [0.717, 1.165) is 24.1 Å². The molecule has 1 aliphatic heterocycles. The summed E-state index contributed by atoms with van der Waals surface area (Å²) in [6, 6.07) is 5.77. The van der Waals surface area contributed by atoms with Crippen LogP contribution in [0.15, 0.2) is 18.2 Å². The first kappa shape index (κ1) is 17.3. The number of nitrogens with one attached hydrogen (secondary N) is 1. The van der Waals surface area contributed by atoms with Crippen LogP contribution < -0.4 is 15.0 Å². The Morgan fingerprint density at radius 2 is 2.09 bits per heavy atom. The van der Waals surface area contributed by atoms with Gasteiger partial charge in [-0.15, -0.1) is 0 Å². The maximum atomic E-state index is 12.7. The predicted octanol–water partition coefficient (Wildman–Crippen LogP) is 2.81. The van der Waals surface area contributed by atoms with E-state index in [-0.39, 0.29) is 11.8 Å². The van der Waals surface area contributed by atoms with Crippen LogP contribution in [0, 0.1) is 6.92 Å². The molecule has 1 aromatic rings. The lowest BCUT2D eigenvalue weighted by Gasteiger charge is -2.38. The molecule has 0 atom stereocenters. The molecule has 1 N–H and O–H groups in total. The van der Waals surface area contributed by atoms with Crippen LogP contribution >= 0.6 is 0 Å². The first-order valence-corrected chi connectivity index (χ1v) is 8.23. The van der Waals surface area contributed by atoms with Gasteiger partial charge in [-0.05, 0) is 44.9 Å². The Morgan fingerprint density at radius 1 is 1.35 bits per heavy atom. The number of hydrogen-bond donors (Lipinski definition) is 1. The second kappa shape index (κ2) is 7.02. The summed E-state index contributed by atoms with van der Waals surface area (Å²) in [5, 5.41) is 2.89.